The quantitative estimate of drug-likeness (QED) is 0.177. The third kappa shape index (κ3) is 4.85. The number of carbonyl (C=O) groups is 1. The van der Waals surface area contributed by atoms with Crippen LogP contribution >= 0.6 is 22.9 Å². The second-order valence-electron chi connectivity index (χ2n) is 8.67. The number of carbonyl (C=O) groups excluding carboxylic acids is 1. The first-order chi connectivity index (χ1) is 19.2. The van der Waals surface area contributed by atoms with E-state index >= 15 is 0 Å². The summed E-state index contributed by atoms with van der Waals surface area (Å²) >= 11 is 7.41. The van der Waals surface area contributed by atoms with E-state index in [1.807, 2.05) is 0 Å². The third-order valence-electron chi connectivity index (χ3n) is 6.28. The summed E-state index contributed by atoms with van der Waals surface area (Å²) in [5.74, 6) is 0.690. The highest BCUT2D eigenvalue weighted by Gasteiger charge is 2.35. The number of nitro benzene ring substituents is 1. The first-order valence-electron chi connectivity index (χ1n) is 12.1. The van der Waals surface area contributed by atoms with Gasteiger partial charge in [-0.05, 0) is 38.1 Å². The Morgan fingerprint density at radius 3 is 2.73 bits per heavy atom. The van der Waals surface area contributed by atoms with Crippen molar-refractivity contribution < 1.29 is 23.6 Å². The molecule has 12 heteroatoms. The predicted molar refractivity (Wildman–Crippen MR) is 149 cm³/mol. The van der Waals surface area contributed by atoms with Crippen LogP contribution in [-0.2, 0) is 9.53 Å². The van der Waals surface area contributed by atoms with E-state index in [1.165, 1.54) is 29.9 Å². The minimum absolute atomic E-state index is 0.135. The highest BCUT2D eigenvalue weighted by molar-refractivity contribution is 7.07. The summed E-state index contributed by atoms with van der Waals surface area (Å²) in [6.45, 7) is 3.58. The number of halogens is 1. The van der Waals surface area contributed by atoms with Crippen molar-refractivity contribution in [2.45, 2.75) is 19.9 Å². The molecule has 40 heavy (non-hydrogen) atoms. The lowest BCUT2D eigenvalue weighted by Gasteiger charge is -2.25. The molecule has 2 aromatic heterocycles. The summed E-state index contributed by atoms with van der Waals surface area (Å²) in [4.78, 5) is 42.3. The molecule has 0 fully saturated rings. The second kappa shape index (κ2) is 10.9. The molecule has 0 bridgehead atoms. The van der Waals surface area contributed by atoms with Crippen LogP contribution in [0.3, 0.4) is 0 Å². The van der Waals surface area contributed by atoms with Gasteiger partial charge in [0.15, 0.2) is 4.80 Å². The summed E-state index contributed by atoms with van der Waals surface area (Å²) in [6.07, 6.45) is 1.58. The molecule has 5 rings (SSSR count). The van der Waals surface area contributed by atoms with Gasteiger partial charge in [0.1, 0.15) is 23.3 Å². The number of ether oxygens (including phenoxy) is 2. The van der Waals surface area contributed by atoms with Crippen LogP contribution in [0, 0.1) is 10.1 Å². The molecule has 0 unspecified atom stereocenters. The van der Waals surface area contributed by atoms with Crippen LogP contribution in [0.25, 0.3) is 17.4 Å². The molecule has 10 nitrogen and oxygen atoms in total. The number of hydrogen-bond acceptors (Lipinski definition) is 9. The normalized spacial score (nSPS) is 15.0. The molecule has 0 N–H and O–H groups in total. The van der Waals surface area contributed by atoms with Gasteiger partial charge in [-0.15, -0.1) is 0 Å². The zero-order valence-electron chi connectivity index (χ0n) is 21.5. The summed E-state index contributed by atoms with van der Waals surface area (Å²) in [6, 6.07) is 13.8. The number of para-hydroxylation sites is 1. The Balaban J connectivity index is 1.63. The van der Waals surface area contributed by atoms with Crippen LogP contribution in [0.15, 0.2) is 80.1 Å². The topological polar surface area (TPSA) is 126 Å². The number of fused-ring (bicyclic) bond motifs is 1. The molecule has 1 atom stereocenters. The van der Waals surface area contributed by atoms with Crippen LogP contribution in [-0.4, -0.2) is 29.2 Å². The number of aromatic nitrogens is 1. The number of nitro groups is 1. The summed E-state index contributed by atoms with van der Waals surface area (Å²) in [5.41, 5.74) is 1.26. The molecule has 2 aromatic carbocycles. The largest absolute Gasteiger partial charge is 0.496 e. The molecule has 204 valence electrons. The minimum Gasteiger partial charge on any atom is -0.496 e. The number of methoxy groups -OCH3 is 1. The molecular formula is C28H22ClN3O7S. The monoisotopic (exact) mass is 579 g/mol. The van der Waals surface area contributed by atoms with Gasteiger partial charge in [0.2, 0.25) is 0 Å². The van der Waals surface area contributed by atoms with Crippen LogP contribution < -0.4 is 19.6 Å². The van der Waals surface area contributed by atoms with E-state index in [-0.39, 0.29) is 28.4 Å². The Labute approximate surface area is 236 Å². The van der Waals surface area contributed by atoms with E-state index in [4.69, 9.17) is 25.5 Å². The van der Waals surface area contributed by atoms with Crippen molar-refractivity contribution in [2.24, 2.45) is 4.99 Å². The Hall–Kier alpha value is -4.48. The maximum atomic E-state index is 13.8. The average Bonchev–Trinajstić information content (AvgIpc) is 3.51. The Bertz CT molecular complexity index is 1870. The van der Waals surface area contributed by atoms with Crippen molar-refractivity contribution in [1.29, 1.82) is 0 Å². The van der Waals surface area contributed by atoms with E-state index < -0.39 is 16.9 Å². The van der Waals surface area contributed by atoms with Crippen LogP contribution in [0.2, 0.25) is 5.02 Å². The van der Waals surface area contributed by atoms with Crippen molar-refractivity contribution >= 4 is 40.7 Å². The first-order valence-corrected chi connectivity index (χ1v) is 13.3. The number of benzene rings is 2. The Kier molecular flexibility index (Phi) is 7.42. The number of thiazole rings is 1. The van der Waals surface area contributed by atoms with Gasteiger partial charge >= 0.3 is 5.97 Å². The average molecular weight is 580 g/mol. The van der Waals surface area contributed by atoms with Gasteiger partial charge in [0, 0.05) is 29.3 Å². The number of non-ortho nitro benzene ring substituents is 1. The van der Waals surface area contributed by atoms with Crippen molar-refractivity contribution in [3.05, 3.63) is 112 Å². The van der Waals surface area contributed by atoms with Gasteiger partial charge in [-0.2, -0.15) is 0 Å². The lowest BCUT2D eigenvalue weighted by molar-refractivity contribution is -0.384. The number of furan rings is 1. The van der Waals surface area contributed by atoms with Gasteiger partial charge in [-0.3, -0.25) is 19.5 Å². The van der Waals surface area contributed by atoms with E-state index in [0.29, 0.717) is 43.4 Å². The van der Waals surface area contributed by atoms with Gasteiger partial charge in [0.05, 0.1) is 39.5 Å². The highest BCUT2D eigenvalue weighted by atomic mass is 35.5. The molecule has 3 heterocycles. The smallest absolute Gasteiger partial charge is 0.338 e. The van der Waals surface area contributed by atoms with Crippen LogP contribution in [0.5, 0.6) is 5.75 Å². The van der Waals surface area contributed by atoms with E-state index in [9.17, 15) is 19.7 Å². The van der Waals surface area contributed by atoms with Gasteiger partial charge in [-0.1, -0.05) is 41.1 Å². The van der Waals surface area contributed by atoms with Gasteiger partial charge < -0.3 is 13.9 Å². The Morgan fingerprint density at radius 2 is 2.02 bits per heavy atom. The fourth-order valence-corrected chi connectivity index (χ4v) is 5.79. The maximum Gasteiger partial charge on any atom is 0.338 e. The lowest BCUT2D eigenvalue weighted by atomic mass is 9.95. The number of nitrogens with zero attached hydrogens (tertiary/aromatic N) is 3. The molecule has 0 radical (unpaired) electrons. The molecule has 0 saturated carbocycles. The SMILES string of the molecule is CCOC(=O)C1=C(C)N=c2s/c(=C/c3ccc(-c4ccc([N+](=O)[O-])cc4Cl)o3)c(=O)n2[C@@H]1c1ccccc1OC. The molecule has 4 aromatic rings. The van der Waals surface area contributed by atoms with E-state index in [2.05, 4.69) is 4.99 Å². The lowest BCUT2D eigenvalue weighted by Crippen LogP contribution is -2.40. The van der Waals surface area contributed by atoms with Crippen LogP contribution in [0.4, 0.5) is 5.69 Å². The van der Waals surface area contributed by atoms with Crippen molar-refractivity contribution in [3.63, 3.8) is 0 Å². The molecular weight excluding hydrogens is 558 g/mol. The van der Waals surface area contributed by atoms with Crippen molar-refractivity contribution in [2.75, 3.05) is 13.7 Å². The second-order valence-corrected chi connectivity index (χ2v) is 10.1. The van der Waals surface area contributed by atoms with Gasteiger partial charge in [0.25, 0.3) is 11.2 Å². The van der Waals surface area contributed by atoms with Crippen molar-refractivity contribution in [3.8, 4) is 17.1 Å². The zero-order chi connectivity index (χ0) is 28.6. The number of hydrogen-bond donors (Lipinski definition) is 0. The summed E-state index contributed by atoms with van der Waals surface area (Å²) in [5, 5.41) is 11.2. The van der Waals surface area contributed by atoms with E-state index in [1.54, 1.807) is 56.3 Å². The maximum absolute atomic E-state index is 13.8. The number of rotatable bonds is 7. The fraction of sp³-hybridized carbons (Fsp3) is 0.179. The summed E-state index contributed by atoms with van der Waals surface area (Å²) < 4.78 is 18.6. The molecule has 1 aliphatic rings. The van der Waals surface area contributed by atoms with E-state index in [0.717, 1.165) is 11.3 Å². The molecule has 0 saturated heterocycles. The van der Waals surface area contributed by atoms with Gasteiger partial charge in [-0.25, -0.2) is 9.79 Å². The number of esters is 1. The fourth-order valence-electron chi connectivity index (χ4n) is 4.50. The molecule has 0 amide bonds. The minimum atomic E-state index is -0.820. The first kappa shape index (κ1) is 27.1. The van der Waals surface area contributed by atoms with Crippen molar-refractivity contribution in [1.82, 2.24) is 4.57 Å². The molecule has 0 spiro atoms. The Morgan fingerprint density at radius 1 is 1.25 bits per heavy atom. The number of allylic oxidation sites excluding steroid dienone is 1. The summed E-state index contributed by atoms with van der Waals surface area (Å²) in [7, 11) is 1.52. The zero-order valence-corrected chi connectivity index (χ0v) is 23.1. The van der Waals surface area contributed by atoms with Crippen LogP contribution in [0.1, 0.15) is 31.2 Å². The molecule has 1 aliphatic heterocycles. The third-order valence-corrected chi connectivity index (χ3v) is 7.58. The molecule has 0 aliphatic carbocycles. The standard InChI is InChI=1S/C28H22ClN3O7S/c1-4-38-27(34)24-15(2)30-28-31(25(24)19-7-5-6-8-21(19)37-3)26(33)23(40-28)14-17-10-12-22(39-17)18-11-9-16(32(35)36)13-20(18)29/h5-14,25H,4H2,1-3H3/b23-14+/t25-/m1/s1. The predicted octanol–water partition coefficient (Wildman–Crippen LogP) is 4.63. The highest BCUT2D eigenvalue weighted by Crippen LogP contribution is 2.36.